The molecule has 2 aliphatic rings. The number of amidine groups is 1. The highest BCUT2D eigenvalue weighted by molar-refractivity contribution is 6.08. The lowest BCUT2D eigenvalue weighted by Crippen LogP contribution is -2.41. The summed E-state index contributed by atoms with van der Waals surface area (Å²) in [6.07, 6.45) is -0.00158. The Bertz CT molecular complexity index is 1190. The van der Waals surface area contributed by atoms with E-state index in [1.165, 1.54) is 0 Å². The molecule has 0 unspecified atom stereocenters. The molecule has 1 fully saturated rings. The van der Waals surface area contributed by atoms with Crippen LogP contribution in [0.1, 0.15) is 61.9 Å². The molecule has 0 radical (unpaired) electrons. The average Bonchev–Trinajstić information content (AvgIpc) is 3.68. The number of amides is 1. The number of carboxylic acid groups (broad SMARTS) is 2. The van der Waals surface area contributed by atoms with Gasteiger partial charge in [0.1, 0.15) is 11.4 Å². The second-order valence-corrected chi connectivity index (χ2v) is 9.30. The van der Waals surface area contributed by atoms with Crippen molar-refractivity contribution >= 4 is 23.7 Å². The zero-order valence-corrected chi connectivity index (χ0v) is 20.6. The van der Waals surface area contributed by atoms with Crippen molar-refractivity contribution in [3.63, 3.8) is 0 Å². The van der Waals surface area contributed by atoms with E-state index in [-0.39, 0.29) is 11.5 Å². The number of alkyl halides is 3. The number of unbranched alkanes of at least 4 members (excludes halogenated alkanes) is 1. The fourth-order valence-corrected chi connectivity index (χ4v) is 4.26. The molecule has 0 saturated heterocycles. The number of halogens is 3. The number of carbonyl (C=O) groups is 3. The van der Waals surface area contributed by atoms with Crippen molar-refractivity contribution < 1.29 is 37.8 Å². The molecule has 198 valence electrons. The molecule has 0 spiro atoms. The molecule has 37 heavy (non-hydrogen) atoms. The minimum absolute atomic E-state index is 0.122. The van der Waals surface area contributed by atoms with E-state index in [2.05, 4.69) is 6.92 Å². The predicted octanol–water partition coefficient (Wildman–Crippen LogP) is 5.78. The highest BCUT2D eigenvalue weighted by atomic mass is 19.4. The molecule has 1 aliphatic carbocycles. The smallest absolute Gasteiger partial charge is 0.478 e. The van der Waals surface area contributed by atoms with E-state index in [0.717, 1.165) is 49.1 Å². The van der Waals surface area contributed by atoms with E-state index in [1.807, 2.05) is 48.2 Å². The third-order valence-corrected chi connectivity index (χ3v) is 6.48. The third-order valence-electron chi connectivity index (χ3n) is 6.48. The Kier molecular flexibility index (Phi) is 8.40. The van der Waals surface area contributed by atoms with Crippen molar-refractivity contribution in [2.24, 2.45) is 10.9 Å². The van der Waals surface area contributed by atoms with Crippen LogP contribution in [0.25, 0.3) is 11.1 Å². The molecule has 0 bridgehead atoms. The van der Waals surface area contributed by atoms with Crippen LogP contribution >= 0.6 is 0 Å². The highest BCUT2D eigenvalue weighted by Crippen LogP contribution is 2.46. The molecule has 2 N–H and O–H groups in total. The van der Waals surface area contributed by atoms with Crippen LogP contribution < -0.4 is 0 Å². The van der Waals surface area contributed by atoms with Crippen LogP contribution in [-0.2, 0) is 16.1 Å². The van der Waals surface area contributed by atoms with Gasteiger partial charge in [-0.2, -0.15) is 13.2 Å². The lowest BCUT2D eigenvalue weighted by atomic mass is 9.96. The number of rotatable bonds is 8. The predicted molar refractivity (Wildman–Crippen MR) is 131 cm³/mol. The van der Waals surface area contributed by atoms with E-state index >= 15 is 0 Å². The standard InChI is InChI=1S/C25H28N2O3.C2HF3O2/c1-3-4-9-22-26-25(2,19-14-15-19)24(30)27(22)16-17-10-12-18(13-11-17)20-7-5-6-8-21(20)23(28)29;3-2(4,5)1(6)7/h5-8,10-13,19H,3-4,9,14-16H2,1-2H3,(H,28,29);(H,6,7)/t25-;/m1./s1. The fourth-order valence-electron chi connectivity index (χ4n) is 4.26. The van der Waals surface area contributed by atoms with Crippen LogP contribution in [0.4, 0.5) is 13.2 Å². The minimum Gasteiger partial charge on any atom is -0.478 e. The number of aliphatic carboxylic acids is 1. The summed E-state index contributed by atoms with van der Waals surface area (Å²) >= 11 is 0. The van der Waals surface area contributed by atoms with Gasteiger partial charge in [-0.1, -0.05) is 55.8 Å². The van der Waals surface area contributed by atoms with E-state index in [1.54, 1.807) is 12.1 Å². The highest BCUT2D eigenvalue weighted by Gasteiger charge is 2.53. The topological polar surface area (TPSA) is 107 Å². The molecule has 0 aromatic heterocycles. The first-order valence-corrected chi connectivity index (χ1v) is 12.0. The normalized spacial score (nSPS) is 19.2. The van der Waals surface area contributed by atoms with Crippen molar-refractivity contribution in [1.29, 1.82) is 0 Å². The zero-order valence-electron chi connectivity index (χ0n) is 20.6. The lowest BCUT2D eigenvalue weighted by Gasteiger charge is -2.23. The van der Waals surface area contributed by atoms with E-state index in [4.69, 9.17) is 14.9 Å². The van der Waals surface area contributed by atoms with Crippen molar-refractivity contribution in [2.75, 3.05) is 0 Å². The summed E-state index contributed by atoms with van der Waals surface area (Å²) in [6.45, 7) is 4.64. The Hall–Kier alpha value is -3.69. The van der Waals surface area contributed by atoms with Crippen molar-refractivity contribution in [3.8, 4) is 11.1 Å². The van der Waals surface area contributed by atoms with Gasteiger partial charge < -0.3 is 10.2 Å². The third kappa shape index (κ3) is 6.55. The molecule has 4 rings (SSSR count). The number of aromatic carboxylic acids is 1. The van der Waals surface area contributed by atoms with Crippen molar-refractivity contribution in [2.45, 2.75) is 64.2 Å². The quantitative estimate of drug-likeness (QED) is 0.460. The minimum atomic E-state index is -5.08. The van der Waals surface area contributed by atoms with E-state index in [9.17, 15) is 27.9 Å². The molecule has 10 heteroatoms. The van der Waals surface area contributed by atoms with Gasteiger partial charge in [0.2, 0.25) is 0 Å². The van der Waals surface area contributed by atoms with Crippen LogP contribution in [0.3, 0.4) is 0 Å². The summed E-state index contributed by atoms with van der Waals surface area (Å²) in [7, 11) is 0. The number of carbonyl (C=O) groups excluding carboxylic acids is 1. The molecule has 1 atom stereocenters. The summed E-state index contributed by atoms with van der Waals surface area (Å²) in [5.74, 6) is -2.28. The number of carboxylic acids is 2. The monoisotopic (exact) mass is 518 g/mol. The van der Waals surface area contributed by atoms with Crippen LogP contribution in [0, 0.1) is 5.92 Å². The molecule has 1 aliphatic heterocycles. The van der Waals surface area contributed by atoms with Gasteiger partial charge in [-0.05, 0) is 54.9 Å². The Morgan fingerprint density at radius 3 is 2.19 bits per heavy atom. The first kappa shape index (κ1) is 27.9. The van der Waals surface area contributed by atoms with Gasteiger partial charge in [0.15, 0.2) is 0 Å². The second-order valence-electron chi connectivity index (χ2n) is 9.30. The van der Waals surface area contributed by atoms with Gasteiger partial charge in [-0.15, -0.1) is 0 Å². The van der Waals surface area contributed by atoms with Crippen molar-refractivity contribution in [1.82, 2.24) is 4.90 Å². The second kappa shape index (κ2) is 11.1. The Morgan fingerprint density at radius 1 is 1.08 bits per heavy atom. The van der Waals surface area contributed by atoms with Crippen LogP contribution in [-0.4, -0.2) is 50.5 Å². The summed E-state index contributed by atoms with van der Waals surface area (Å²) in [6, 6.07) is 14.8. The SMILES string of the molecule is CCCCC1=N[C@](C)(C2CC2)C(=O)N1Cc1ccc(-c2ccccc2C(=O)O)cc1.O=C(O)C(F)(F)F. The molecule has 1 heterocycles. The first-order valence-electron chi connectivity index (χ1n) is 12.0. The van der Waals surface area contributed by atoms with E-state index < -0.39 is 23.7 Å². The van der Waals surface area contributed by atoms with Crippen LogP contribution in [0.5, 0.6) is 0 Å². The summed E-state index contributed by atoms with van der Waals surface area (Å²) < 4.78 is 31.7. The molecule has 2 aromatic rings. The Balaban J connectivity index is 0.000000479. The summed E-state index contributed by atoms with van der Waals surface area (Å²) in [5.41, 5.74) is 2.26. The number of hydrogen-bond donors (Lipinski definition) is 2. The molecule has 1 amide bonds. The Labute approximate surface area is 212 Å². The number of nitrogens with zero attached hydrogens (tertiary/aromatic N) is 2. The van der Waals surface area contributed by atoms with Gasteiger partial charge in [-0.3, -0.25) is 14.7 Å². The van der Waals surface area contributed by atoms with Crippen molar-refractivity contribution in [3.05, 3.63) is 59.7 Å². The molecule has 1 saturated carbocycles. The lowest BCUT2D eigenvalue weighted by molar-refractivity contribution is -0.192. The van der Waals surface area contributed by atoms with Gasteiger partial charge in [-0.25, -0.2) is 9.59 Å². The number of hydrogen-bond acceptors (Lipinski definition) is 4. The van der Waals surface area contributed by atoms with Gasteiger partial charge in [0, 0.05) is 6.42 Å². The number of benzene rings is 2. The van der Waals surface area contributed by atoms with Crippen LogP contribution in [0.2, 0.25) is 0 Å². The largest absolute Gasteiger partial charge is 0.490 e. The maximum atomic E-state index is 13.2. The van der Waals surface area contributed by atoms with Gasteiger partial charge >= 0.3 is 18.1 Å². The van der Waals surface area contributed by atoms with Crippen LogP contribution in [0.15, 0.2) is 53.5 Å². The molecular weight excluding hydrogens is 489 g/mol. The molecule has 2 aromatic carbocycles. The van der Waals surface area contributed by atoms with E-state index in [0.29, 0.717) is 18.0 Å². The fraction of sp³-hybridized carbons (Fsp3) is 0.407. The maximum Gasteiger partial charge on any atom is 0.490 e. The van der Waals surface area contributed by atoms with Gasteiger partial charge in [0.25, 0.3) is 5.91 Å². The average molecular weight is 519 g/mol. The summed E-state index contributed by atoms with van der Waals surface area (Å²) in [5, 5.41) is 16.6. The summed E-state index contributed by atoms with van der Waals surface area (Å²) in [4.78, 5) is 40.4. The maximum absolute atomic E-state index is 13.2. The first-order chi connectivity index (χ1) is 17.4. The Morgan fingerprint density at radius 2 is 1.68 bits per heavy atom. The van der Waals surface area contributed by atoms with Gasteiger partial charge in [0.05, 0.1) is 12.1 Å². The molecule has 7 nitrogen and oxygen atoms in total. The molecular formula is C27H29F3N2O5. The zero-order chi connectivity index (χ0) is 27.4. The number of aliphatic imine (C=N–C) groups is 1.